The van der Waals surface area contributed by atoms with Crippen LogP contribution >= 0.6 is 0 Å². The molecule has 1 aliphatic rings. The number of nitrogens with zero attached hydrogens (tertiary/aromatic N) is 2. The fraction of sp³-hybridized carbons (Fsp3) is 0.647. The fourth-order valence-corrected chi connectivity index (χ4v) is 2.83. The lowest BCUT2D eigenvalue weighted by Crippen LogP contribution is -2.35. The molecule has 0 spiro atoms. The van der Waals surface area contributed by atoms with E-state index in [1.807, 2.05) is 19.1 Å². The molecule has 0 aromatic heterocycles. The van der Waals surface area contributed by atoms with Crippen LogP contribution in [0.5, 0.6) is 5.75 Å². The molecule has 1 atom stereocenters. The highest BCUT2D eigenvalue weighted by Gasteiger charge is 2.13. The summed E-state index contributed by atoms with van der Waals surface area (Å²) >= 11 is 0. The van der Waals surface area contributed by atoms with E-state index < -0.39 is 0 Å². The van der Waals surface area contributed by atoms with Gasteiger partial charge in [-0.1, -0.05) is 12.1 Å². The molecule has 2 rings (SSSR count). The van der Waals surface area contributed by atoms with Crippen molar-refractivity contribution in [3.05, 3.63) is 29.8 Å². The molecule has 1 aromatic carbocycles. The van der Waals surface area contributed by atoms with Crippen LogP contribution < -0.4 is 10.5 Å². The Hall–Kier alpha value is -1.10. The summed E-state index contributed by atoms with van der Waals surface area (Å²) in [5, 5.41) is 0. The van der Waals surface area contributed by atoms with E-state index in [9.17, 15) is 0 Å². The third-order valence-corrected chi connectivity index (χ3v) is 4.12. The maximum Gasteiger partial charge on any atom is 0.119 e. The molecule has 0 radical (unpaired) electrons. The molecule has 0 saturated carbocycles. The molecule has 1 aliphatic heterocycles. The van der Waals surface area contributed by atoms with Gasteiger partial charge in [-0.25, -0.2) is 0 Å². The van der Waals surface area contributed by atoms with Crippen molar-refractivity contribution in [3.63, 3.8) is 0 Å². The molecule has 1 unspecified atom stereocenters. The largest absolute Gasteiger partial charge is 0.494 e. The van der Waals surface area contributed by atoms with Crippen LogP contribution in [0.15, 0.2) is 24.3 Å². The predicted octanol–water partition coefficient (Wildman–Crippen LogP) is 2.11. The van der Waals surface area contributed by atoms with Crippen molar-refractivity contribution >= 4 is 0 Å². The fourth-order valence-electron chi connectivity index (χ4n) is 2.83. The number of rotatable bonds is 8. The number of hydrogen-bond acceptors (Lipinski definition) is 4. The van der Waals surface area contributed by atoms with Gasteiger partial charge in [-0.3, -0.25) is 0 Å². The predicted molar refractivity (Wildman–Crippen MR) is 87.7 cm³/mol. The van der Waals surface area contributed by atoms with Crippen molar-refractivity contribution in [3.8, 4) is 5.75 Å². The van der Waals surface area contributed by atoms with Gasteiger partial charge in [0.2, 0.25) is 0 Å². The van der Waals surface area contributed by atoms with Crippen molar-refractivity contribution in [2.24, 2.45) is 5.73 Å². The minimum absolute atomic E-state index is 0.0595. The SMILES string of the molecule is CCOc1ccc(C(N)CN(C)CCN2CCCC2)cc1. The van der Waals surface area contributed by atoms with Gasteiger partial charge in [-0.05, 0) is 57.6 Å². The van der Waals surface area contributed by atoms with E-state index in [1.165, 1.54) is 31.5 Å². The van der Waals surface area contributed by atoms with Crippen LogP contribution in [0, 0.1) is 0 Å². The first-order valence-electron chi connectivity index (χ1n) is 8.08. The summed E-state index contributed by atoms with van der Waals surface area (Å²) in [6, 6.07) is 8.21. The molecule has 0 aliphatic carbocycles. The molecular formula is C17H29N3O. The second kappa shape index (κ2) is 8.37. The zero-order valence-corrected chi connectivity index (χ0v) is 13.4. The summed E-state index contributed by atoms with van der Waals surface area (Å²) in [4.78, 5) is 4.87. The first-order chi connectivity index (χ1) is 10.2. The van der Waals surface area contributed by atoms with Crippen LogP contribution in [-0.4, -0.2) is 56.2 Å². The highest BCUT2D eigenvalue weighted by Crippen LogP contribution is 2.17. The van der Waals surface area contributed by atoms with E-state index in [4.69, 9.17) is 10.5 Å². The summed E-state index contributed by atoms with van der Waals surface area (Å²) in [5.74, 6) is 0.913. The topological polar surface area (TPSA) is 41.7 Å². The average molecular weight is 291 g/mol. The Morgan fingerprint density at radius 1 is 1.24 bits per heavy atom. The van der Waals surface area contributed by atoms with E-state index in [0.717, 1.165) is 25.4 Å². The van der Waals surface area contributed by atoms with Crippen LogP contribution in [0.25, 0.3) is 0 Å². The van der Waals surface area contributed by atoms with Gasteiger partial charge < -0.3 is 20.3 Å². The molecule has 4 nitrogen and oxygen atoms in total. The lowest BCUT2D eigenvalue weighted by atomic mass is 10.1. The molecule has 118 valence electrons. The van der Waals surface area contributed by atoms with Gasteiger partial charge in [-0.2, -0.15) is 0 Å². The third-order valence-electron chi connectivity index (χ3n) is 4.12. The van der Waals surface area contributed by atoms with Crippen molar-refractivity contribution in [2.75, 3.05) is 46.4 Å². The molecular weight excluding hydrogens is 262 g/mol. The molecule has 1 aromatic rings. The van der Waals surface area contributed by atoms with Crippen LogP contribution in [0.4, 0.5) is 0 Å². The maximum atomic E-state index is 6.31. The number of ether oxygens (including phenoxy) is 1. The summed E-state index contributed by atoms with van der Waals surface area (Å²) in [6.45, 7) is 8.36. The number of hydrogen-bond donors (Lipinski definition) is 1. The van der Waals surface area contributed by atoms with Gasteiger partial charge in [0.25, 0.3) is 0 Å². The number of nitrogens with two attached hydrogens (primary N) is 1. The molecule has 1 heterocycles. The second-order valence-electron chi connectivity index (χ2n) is 5.92. The zero-order valence-electron chi connectivity index (χ0n) is 13.4. The zero-order chi connectivity index (χ0) is 15.1. The summed E-state index contributed by atoms with van der Waals surface area (Å²) in [6.07, 6.45) is 2.71. The van der Waals surface area contributed by atoms with Crippen molar-refractivity contribution in [2.45, 2.75) is 25.8 Å². The Balaban J connectivity index is 1.75. The third kappa shape index (κ3) is 5.30. The van der Waals surface area contributed by atoms with Crippen molar-refractivity contribution in [1.29, 1.82) is 0 Å². The summed E-state index contributed by atoms with van der Waals surface area (Å²) in [7, 11) is 2.16. The second-order valence-corrected chi connectivity index (χ2v) is 5.92. The van der Waals surface area contributed by atoms with Gasteiger partial charge >= 0.3 is 0 Å². The first kappa shape index (κ1) is 16.3. The van der Waals surface area contributed by atoms with E-state index in [1.54, 1.807) is 0 Å². The monoisotopic (exact) mass is 291 g/mol. The Bertz CT molecular complexity index is 401. The van der Waals surface area contributed by atoms with E-state index >= 15 is 0 Å². The summed E-state index contributed by atoms with van der Waals surface area (Å²) < 4.78 is 5.46. The Labute approximate surface area is 128 Å². The average Bonchev–Trinajstić information content (AvgIpc) is 2.99. The van der Waals surface area contributed by atoms with Crippen LogP contribution in [0.2, 0.25) is 0 Å². The quantitative estimate of drug-likeness (QED) is 0.796. The lowest BCUT2D eigenvalue weighted by Gasteiger charge is -2.24. The van der Waals surface area contributed by atoms with E-state index in [2.05, 4.69) is 29.0 Å². The van der Waals surface area contributed by atoms with Crippen LogP contribution in [0.3, 0.4) is 0 Å². The van der Waals surface area contributed by atoms with Gasteiger partial charge in [-0.15, -0.1) is 0 Å². The highest BCUT2D eigenvalue weighted by molar-refractivity contribution is 5.29. The van der Waals surface area contributed by atoms with Crippen molar-refractivity contribution < 1.29 is 4.74 Å². The number of benzene rings is 1. The normalized spacial score (nSPS) is 17.3. The van der Waals surface area contributed by atoms with Gasteiger partial charge in [0.1, 0.15) is 5.75 Å². The summed E-state index contributed by atoms with van der Waals surface area (Å²) in [5.41, 5.74) is 7.48. The molecule has 4 heteroatoms. The molecule has 1 fully saturated rings. The molecule has 21 heavy (non-hydrogen) atoms. The Kier molecular flexibility index (Phi) is 6.49. The minimum Gasteiger partial charge on any atom is -0.494 e. The molecule has 2 N–H and O–H groups in total. The molecule has 1 saturated heterocycles. The first-order valence-corrected chi connectivity index (χ1v) is 8.08. The van der Waals surface area contributed by atoms with Crippen LogP contribution in [0.1, 0.15) is 31.4 Å². The maximum absolute atomic E-state index is 6.31. The minimum atomic E-state index is 0.0595. The Morgan fingerprint density at radius 2 is 1.90 bits per heavy atom. The molecule has 0 bridgehead atoms. The number of likely N-dealkylation sites (N-methyl/N-ethyl adjacent to an activating group) is 1. The van der Waals surface area contributed by atoms with Gasteiger partial charge in [0.15, 0.2) is 0 Å². The van der Waals surface area contributed by atoms with E-state index in [-0.39, 0.29) is 6.04 Å². The lowest BCUT2D eigenvalue weighted by molar-refractivity contribution is 0.248. The molecule has 0 amide bonds. The van der Waals surface area contributed by atoms with Crippen molar-refractivity contribution in [1.82, 2.24) is 9.80 Å². The standard InChI is InChI=1S/C17H29N3O/c1-3-21-16-8-6-15(7-9-16)17(18)14-19(2)12-13-20-10-4-5-11-20/h6-9,17H,3-5,10-14,18H2,1-2H3. The smallest absolute Gasteiger partial charge is 0.119 e. The van der Waals surface area contributed by atoms with Gasteiger partial charge in [0, 0.05) is 25.7 Å². The highest BCUT2D eigenvalue weighted by atomic mass is 16.5. The van der Waals surface area contributed by atoms with Gasteiger partial charge in [0.05, 0.1) is 6.61 Å². The van der Waals surface area contributed by atoms with Crippen LogP contribution in [-0.2, 0) is 0 Å². The number of likely N-dealkylation sites (tertiary alicyclic amines) is 1. The Morgan fingerprint density at radius 3 is 2.52 bits per heavy atom. The van der Waals surface area contributed by atoms with E-state index in [0.29, 0.717) is 6.61 Å².